The molecule has 1 aliphatic rings. The second-order valence-electron chi connectivity index (χ2n) is 8.08. The SMILES string of the molecule is CCCn1c(C)cc(/C=C(\C#N)C(=O)N2CCN(S(=O)(=O)Cc3ccccc3)CC2)c1C. The lowest BCUT2D eigenvalue weighted by Gasteiger charge is -2.34. The molecule has 170 valence electrons. The number of amides is 1. The van der Waals surface area contributed by atoms with E-state index in [1.807, 2.05) is 44.2 Å². The Kier molecular flexibility index (Phi) is 7.54. The average molecular weight is 455 g/mol. The number of aryl methyl sites for hydroxylation is 1. The minimum absolute atomic E-state index is 0.0570. The Morgan fingerprint density at radius 2 is 1.78 bits per heavy atom. The van der Waals surface area contributed by atoms with Crippen LogP contribution in [-0.2, 0) is 27.1 Å². The normalized spacial score (nSPS) is 15.6. The van der Waals surface area contributed by atoms with E-state index in [1.165, 1.54) is 4.31 Å². The molecule has 0 aliphatic carbocycles. The van der Waals surface area contributed by atoms with Gasteiger partial charge in [0.1, 0.15) is 11.6 Å². The highest BCUT2D eigenvalue weighted by atomic mass is 32.2. The summed E-state index contributed by atoms with van der Waals surface area (Å²) in [5.41, 5.74) is 3.80. The average Bonchev–Trinajstić information content (AvgIpc) is 3.05. The van der Waals surface area contributed by atoms with Crippen LogP contribution in [0.2, 0.25) is 0 Å². The maximum Gasteiger partial charge on any atom is 0.264 e. The van der Waals surface area contributed by atoms with Crippen LogP contribution >= 0.6 is 0 Å². The lowest BCUT2D eigenvalue weighted by Crippen LogP contribution is -2.51. The van der Waals surface area contributed by atoms with Gasteiger partial charge >= 0.3 is 0 Å². The third-order valence-corrected chi connectivity index (χ3v) is 7.67. The van der Waals surface area contributed by atoms with Gasteiger partial charge in [-0.25, -0.2) is 8.42 Å². The van der Waals surface area contributed by atoms with Crippen molar-refractivity contribution in [2.45, 2.75) is 39.5 Å². The van der Waals surface area contributed by atoms with Gasteiger partial charge in [0.15, 0.2) is 0 Å². The van der Waals surface area contributed by atoms with E-state index in [0.717, 1.165) is 35.5 Å². The monoisotopic (exact) mass is 454 g/mol. The van der Waals surface area contributed by atoms with Crippen LogP contribution in [0.4, 0.5) is 0 Å². The van der Waals surface area contributed by atoms with Crippen molar-refractivity contribution in [1.82, 2.24) is 13.8 Å². The summed E-state index contributed by atoms with van der Waals surface area (Å²) in [5.74, 6) is -0.411. The van der Waals surface area contributed by atoms with Crippen molar-refractivity contribution >= 4 is 22.0 Å². The van der Waals surface area contributed by atoms with E-state index in [-0.39, 0.29) is 43.4 Å². The van der Waals surface area contributed by atoms with Gasteiger partial charge < -0.3 is 9.47 Å². The Balaban J connectivity index is 1.68. The lowest BCUT2D eigenvalue weighted by atomic mass is 10.1. The predicted molar refractivity (Wildman–Crippen MR) is 125 cm³/mol. The predicted octanol–water partition coefficient (Wildman–Crippen LogP) is 3.10. The number of hydrogen-bond donors (Lipinski definition) is 0. The molecule has 0 unspecified atom stereocenters. The van der Waals surface area contributed by atoms with Crippen LogP contribution in [-0.4, -0.2) is 54.3 Å². The number of nitrogens with zero attached hydrogens (tertiary/aromatic N) is 4. The summed E-state index contributed by atoms with van der Waals surface area (Å²) in [6, 6.07) is 13.1. The van der Waals surface area contributed by atoms with Crippen LogP contribution in [0.1, 0.15) is 35.9 Å². The molecule has 2 heterocycles. The number of carbonyl (C=O) groups is 1. The summed E-state index contributed by atoms with van der Waals surface area (Å²) in [6.07, 6.45) is 2.65. The van der Waals surface area contributed by atoms with Crippen LogP contribution in [0.5, 0.6) is 0 Å². The van der Waals surface area contributed by atoms with Gasteiger partial charge in [0.25, 0.3) is 5.91 Å². The zero-order chi connectivity index (χ0) is 23.3. The van der Waals surface area contributed by atoms with E-state index in [0.29, 0.717) is 0 Å². The van der Waals surface area contributed by atoms with Crippen LogP contribution in [0.25, 0.3) is 6.08 Å². The van der Waals surface area contributed by atoms with Gasteiger partial charge in [0.2, 0.25) is 10.0 Å². The number of sulfonamides is 1. The number of hydrogen-bond acceptors (Lipinski definition) is 4. The van der Waals surface area contributed by atoms with Gasteiger partial charge in [-0.1, -0.05) is 37.3 Å². The molecule has 2 aromatic rings. The molecule has 0 spiro atoms. The van der Waals surface area contributed by atoms with Crippen LogP contribution < -0.4 is 0 Å². The molecular weight excluding hydrogens is 424 g/mol. The summed E-state index contributed by atoms with van der Waals surface area (Å²) < 4.78 is 29.1. The Bertz CT molecular complexity index is 1140. The number of carbonyl (C=O) groups excluding carboxylic acids is 1. The smallest absolute Gasteiger partial charge is 0.264 e. The van der Waals surface area contributed by atoms with Gasteiger partial charge in [0, 0.05) is 44.1 Å². The van der Waals surface area contributed by atoms with Crippen LogP contribution in [0.3, 0.4) is 0 Å². The molecule has 1 aliphatic heterocycles. The van der Waals surface area contributed by atoms with Crippen molar-refractivity contribution in [3.05, 3.63) is 64.5 Å². The zero-order valence-electron chi connectivity index (χ0n) is 18.9. The molecule has 1 aromatic heterocycles. The van der Waals surface area contributed by atoms with Crippen molar-refractivity contribution in [1.29, 1.82) is 5.26 Å². The molecule has 1 amide bonds. The van der Waals surface area contributed by atoms with E-state index >= 15 is 0 Å². The van der Waals surface area contributed by atoms with E-state index in [9.17, 15) is 18.5 Å². The fourth-order valence-electron chi connectivity index (χ4n) is 4.05. The summed E-state index contributed by atoms with van der Waals surface area (Å²) >= 11 is 0. The van der Waals surface area contributed by atoms with E-state index in [2.05, 4.69) is 11.5 Å². The first-order valence-electron chi connectivity index (χ1n) is 10.9. The summed E-state index contributed by atoms with van der Waals surface area (Å²) in [4.78, 5) is 14.5. The highest BCUT2D eigenvalue weighted by Gasteiger charge is 2.30. The molecule has 0 saturated carbocycles. The number of aromatic nitrogens is 1. The summed E-state index contributed by atoms with van der Waals surface area (Å²) in [5, 5.41) is 9.63. The van der Waals surface area contributed by atoms with Gasteiger partial charge in [-0.2, -0.15) is 9.57 Å². The van der Waals surface area contributed by atoms with Gasteiger partial charge in [-0.3, -0.25) is 4.79 Å². The van der Waals surface area contributed by atoms with E-state index in [1.54, 1.807) is 23.1 Å². The number of nitriles is 1. The van der Waals surface area contributed by atoms with Crippen molar-refractivity contribution in [2.75, 3.05) is 26.2 Å². The summed E-state index contributed by atoms with van der Waals surface area (Å²) in [7, 11) is -3.46. The first kappa shape index (κ1) is 23.8. The van der Waals surface area contributed by atoms with Crippen LogP contribution in [0, 0.1) is 25.2 Å². The Morgan fingerprint density at radius 1 is 1.12 bits per heavy atom. The van der Waals surface area contributed by atoms with E-state index in [4.69, 9.17) is 0 Å². The minimum Gasteiger partial charge on any atom is -0.349 e. The second kappa shape index (κ2) is 10.2. The minimum atomic E-state index is -3.46. The molecular formula is C24H30N4O3S. The maximum atomic E-state index is 13.0. The third kappa shape index (κ3) is 5.29. The molecule has 0 radical (unpaired) electrons. The van der Waals surface area contributed by atoms with Crippen molar-refractivity contribution in [3.8, 4) is 6.07 Å². The molecule has 0 N–H and O–H groups in total. The molecule has 7 nitrogen and oxygen atoms in total. The molecule has 1 fully saturated rings. The van der Waals surface area contributed by atoms with Crippen molar-refractivity contribution < 1.29 is 13.2 Å². The fraction of sp³-hybridized carbons (Fsp3) is 0.417. The molecule has 1 aromatic carbocycles. The quantitative estimate of drug-likeness (QED) is 0.475. The molecule has 0 atom stereocenters. The van der Waals surface area contributed by atoms with Crippen molar-refractivity contribution in [2.24, 2.45) is 0 Å². The van der Waals surface area contributed by atoms with Crippen LogP contribution in [0.15, 0.2) is 42.0 Å². The maximum absolute atomic E-state index is 13.0. The second-order valence-corrected chi connectivity index (χ2v) is 10.0. The molecule has 3 rings (SSSR count). The highest BCUT2D eigenvalue weighted by molar-refractivity contribution is 7.88. The Hall–Kier alpha value is -2.89. The van der Waals surface area contributed by atoms with Crippen molar-refractivity contribution in [3.63, 3.8) is 0 Å². The first-order chi connectivity index (χ1) is 15.3. The van der Waals surface area contributed by atoms with Gasteiger partial charge in [-0.05, 0) is 43.5 Å². The lowest BCUT2D eigenvalue weighted by molar-refractivity contribution is -0.127. The topological polar surface area (TPSA) is 86.4 Å². The molecule has 0 bridgehead atoms. The van der Waals surface area contributed by atoms with Gasteiger partial charge in [-0.15, -0.1) is 0 Å². The molecule has 32 heavy (non-hydrogen) atoms. The number of benzene rings is 1. The Labute approximate surface area is 190 Å². The Morgan fingerprint density at radius 3 is 2.38 bits per heavy atom. The molecule has 1 saturated heterocycles. The number of piperazine rings is 1. The zero-order valence-corrected chi connectivity index (χ0v) is 19.7. The molecule has 8 heteroatoms. The summed E-state index contributed by atoms with van der Waals surface area (Å²) in [6.45, 7) is 7.99. The third-order valence-electron chi connectivity index (χ3n) is 5.82. The fourth-order valence-corrected chi connectivity index (χ4v) is 5.57. The largest absolute Gasteiger partial charge is 0.349 e. The standard InChI is InChI=1S/C24H30N4O3S/c1-4-10-28-19(2)15-22(20(28)3)16-23(17-25)24(29)26-11-13-27(14-12-26)32(30,31)18-21-8-6-5-7-9-21/h5-9,15-16H,4,10-14,18H2,1-3H3/b23-16+. The van der Waals surface area contributed by atoms with E-state index < -0.39 is 10.0 Å². The van der Waals surface area contributed by atoms with Gasteiger partial charge in [0.05, 0.1) is 5.75 Å². The first-order valence-corrected chi connectivity index (χ1v) is 12.5. The highest BCUT2D eigenvalue weighted by Crippen LogP contribution is 2.20. The number of rotatable bonds is 7.